The molecule has 168 valence electrons. The number of amides is 3. The Labute approximate surface area is 175 Å². The molecule has 0 aromatic rings. The van der Waals surface area contributed by atoms with Gasteiger partial charge in [0.25, 0.3) is 0 Å². The van der Waals surface area contributed by atoms with Crippen LogP contribution < -0.4 is 16.4 Å². The molecule has 1 rings (SSSR count). The van der Waals surface area contributed by atoms with Crippen LogP contribution in [0, 0.1) is 5.92 Å². The summed E-state index contributed by atoms with van der Waals surface area (Å²) in [6.45, 7) is 3.21. The average molecular weight is 413 g/mol. The van der Waals surface area contributed by atoms with Gasteiger partial charge in [0.05, 0.1) is 0 Å². The van der Waals surface area contributed by atoms with E-state index in [0.29, 0.717) is 44.7 Å². The van der Waals surface area contributed by atoms with Gasteiger partial charge < -0.3 is 26.4 Å². The zero-order valence-electron chi connectivity index (χ0n) is 18.1. The molecule has 0 aromatic heterocycles. The Bertz CT molecular complexity index is 509. The zero-order valence-corrected chi connectivity index (χ0v) is 18.1. The number of rotatable bonds is 13. The number of likely N-dealkylation sites (N-methyl/N-ethyl adjacent to an activating group) is 1. The van der Waals surface area contributed by atoms with Crippen molar-refractivity contribution >= 4 is 17.9 Å². The van der Waals surface area contributed by atoms with E-state index in [4.69, 9.17) is 5.73 Å². The Balaban J connectivity index is 2.72. The van der Waals surface area contributed by atoms with Crippen molar-refractivity contribution in [3.8, 4) is 0 Å². The summed E-state index contributed by atoms with van der Waals surface area (Å²) >= 11 is 0. The topological polar surface area (TPSA) is 125 Å². The molecule has 1 saturated carbocycles. The van der Waals surface area contributed by atoms with Gasteiger partial charge in [0.1, 0.15) is 12.1 Å². The number of carbonyl (C=O) groups excluding carboxylic acids is 2. The van der Waals surface area contributed by atoms with E-state index >= 15 is 0 Å². The summed E-state index contributed by atoms with van der Waals surface area (Å²) in [6, 6.07) is -2.20. The molecule has 1 aliphatic carbocycles. The van der Waals surface area contributed by atoms with Crippen LogP contribution in [0.5, 0.6) is 0 Å². The van der Waals surface area contributed by atoms with E-state index in [2.05, 4.69) is 17.6 Å². The lowest BCUT2D eigenvalue weighted by molar-refractivity contribution is -0.139. The molecular formula is C21H40N4O4. The number of hydrogen-bond donors (Lipinski definition) is 4. The number of carboxylic acids is 1. The first-order chi connectivity index (χ1) is 13.9. The van der Waals surface area contributed by atoms with Crippen molar-refractivity contribution in [2.45, 2.75) is 89.6 Å². The van der Waals surface area contributed by atoms with Crippen molar-refractivity contribution in [1.82, 2.24) is 15.5 Å². The van der Waals surface area contributed by atoms with Gasteiger partial charge in [-0.15, -0.1) is 0 Å². The van der Waals surface area contributed by atoms with E-state index in [9.17, 15) is 19.5 Å². The fraction of sp³-hybridized carbons (Fsp3) is 0.857. The van der Waals surface area contributed by atoms with Gasteiger partial charge in [0.15, 0.2) is 0 Å². The molecule has 1 aliphatic rings. The lowest BCUT2D eigenvalue weighted by Gasteiger charge is -2.30. The number of hydrogen-bond acceptors (Lipinski definition) is 4. The quantitative estimate of drug-likeness (QED) is 0.346. The molecule has 0 saturated heterocycles. The standard InChI is InChI=1S/C21H40N4O4/c1-3-4-14-25(2)19(26)18(15-16-10-6-5-7-11-16)24-21(29)23-17(20(27)28)12-8-9-13-22/h16-18H,3-15,22H2,1-2H3,(H,27,28)(H2,23,24,29)/t17?,18-/m1/s1. The molecule has 0 aromatic carbocycles. The van der Waals surface area contributed by atoms with Gasteiger partial charge >= 0.3 is 12.0 Å². The molecule has 5 N–H and O–H groups in total. The number of carboxylic acid groups (broad SMARTS) is 1. The number of urea groups is 1. The smallest absolute Gasteiger partial charge is 0.326 e. The molecule has 0 aliphatic heterocycles. The summed E-state index contributed by atoms with van der Waals surface area (Å²) in [5, 5.41) is 14.6. The van der Waals surface area contributed by atoms with Crippen molar-refractivity contribution in [1.29, 1.82) is 0 Å². The summed E-state index contributed by atoms with van der Waals surface area (Å²) < 4.78 is 0. The highest BCUT2D eigenvalue weighted by Crippen LogP contribution is 2.27. The van der Waals surface area contributed by atoms with Gasteiger partial charge in [-0.2, -0.15) is 0 Å². The second-order valence-electron chi connectivity index (χ2n) is 8.20. The predicted molar refractivity (Wildman–Crippen MR) is 114 cm³/mol. The van der Waals surface area contributed by atoms with E-state index in [-0.39, 0.29) is 5.91 Å². The number of nitrogens with zero attached hydrogens (tertiary/aromatic N) is 1. The van der Waals surface area contributed by atoms with Gasteiger partial charge in [0.2, 0.25) is 5.91 Å². The third-order valence-electron chi connectivity index (χ3n) is 5.67. The number of carbonyl (C=O) groups is 3. The number of aliphatic carboxylic acids is 1. The Morgan fingerprint density at radius 3 is 2.31 bits per heavy atom. The minimum absolute atomic E-state index is 0.103. The highest BCUT2D eigenvalue weighted by atomic mass is 16.4. The van der Waals surface area contributed by atoms with Crippen molar-refractivity contribution in [2.24, 2.45) is 11.7 Å². The summed E-state index contributed by atoms with van der Waals surface area (Å²) in [6.07, 6.45) is 9.83. The fourth-order valence-electron chi connectivity index (χ4n) is 3.86. The van der Waals surface area contributed by atoms with Gasteiger partial charge in [0, 0.05) is 13.6 Å². The molecule has 3 amide bonds. The van der Waals surface area contributed by atoms with E-state index in [1.165, 1.54) is 6.42 Å². The first-order valence-electron chi connectivity index (χ1n) is 11.1. The van der Waals surface area contributed by atoms with Gasteiger partial charge in [-0.25, -0.2) is 9.59 Å². The first-order valence-corrected chi connectivity index (χ1v) is 11.1. The van der Waals surface area contributed by atoms with E-state index in [1.54, 1.807) is 11.9 Å². The lowest BCUT2D eigenvalue weighted by Crippen LogP contribution is -2.54. The van der Waals surface area contributed by atoms with Crippen LogP contribution in [-0.4, -0.2) is 60.1 Å². The third-order valence-corrected chi connectivity index (χ3v) is 5.67. The Morgan fingerprint density at radius 2 is 1.72 bits per heavy atom. The fourth-order valence-corrected chi connectivity index (χ4v) is 3.86. The molecule has 0 heterocycles. The monoisotopic (exact) mass is 412 g/mol. The Hall–Kier alpha value is -1.83. The van der Waals surface area contributed by atoms with Crippen LogP contribution >= 0.6 is 0 Å². The van der Waals surface area contributed by atoms with E-state index in [1.807, 2.05) is 0 Å². The van der Waals surface area contributed by atoms with Crippen LogP contribution in [0.4, 0.5) is 4.79 Å². The highest BCUT2D eigenvalue weighted by Gasteiger charge is 2.29. The SMILES string of the molecule is CCCCN(C)C(=O)[C@@H](CC1CCCCC1)NC(=O)NC(CCCCN)C(=O)O. The molecule has 1 fully saturated rings. The largest absolute Gasteiger partial charge is 0.480 e. The van der Waals surface area contributed by atoms with Gasteiger partial charge in [-0.3, -0.25) is 4.79 Å². The van der Waals surface area contributed by atoms with Crippen molar-refractivity contribution in [3.63, 3.8) is 0 Å². The maximum absolute atomic E-state index is 12.9. The summed E-state index contributed by atoms with van der Waals surface area (Å²) in [4.78, 5) is 38.6. The second-order valence-corrected chi connectivity index (χ2v) is 8.20. The highest BCUT2D eigenvalue weighted by molar-refractivity contribution is 5.88. The molecule has 0 bridgehead atoms. The van der Waals surface area contributed by atoms with Crippen LogP contribution in [-0.2, 0) is 9.59 Å². The van der Waals surface area contributed by atoms with Crippen molar-refractivity contribution in [2.75, 3.05) is 20.1 Å². The Kier molecular flexibility index (Phi) is 12.3. The predicted octanol–water partition coefficient (Wildman–Crippen LogP) is 2.47. The number of unbranched alkanes of at least 4 members (excludes halogenated alkanes) is 2. The van der Waals surface area contributed by atoms with Gasteiger partial charge in [-0.1, -0.05) is 45.4 Å². The molecule has 29 heavy (non-hydrogen) atoms. The third kappa shape index (κ3) is 9.96. The van der Waals surface area contributed by atoms with E-state index < -0.39 is 24.1 Å². The first kappa shape index (κ1) is 25.2. The van der Waals surface area contributed by atoms with E-state index in [0.717, 1.165) is 38.5 Å². The average Bonchev–Trinajstić information content (AvgIpc) is 2.71. The van der Waals surface area contributed by atoms with Crippen LogP contribution in [0.2, 0.25) is 0 Å². The maximum Gasteiger partial charge on any atom is 0.326 e. The maximum atomic E-state index is 12.9. The van der Waals surface area contributed by atoms with Crippen molar-refractivity contribution in [3.05, 3.63) is 0 Å². The normalized spacial score (nSPS) is 16.7. The minimum atomic E-state index is -1.08. The summed E-state index contributed by atoms with van der Waals surface area (Å²) in [5.74, 6) is -0.765. The van der Waals surface area contributed by atoms with Gasteiger partial charge in [-0.05, 0) is 44.6 Å². The minimum Gasteiger partial charge on any atom is -0.480 e. The molecule has 2 atom stereocenters. The zero-order chi connectivity index (χ0) is 21.6. The number of nitrogens with two attached hydrogens (primary N) is 1. The van der Waals surface area contributed by atoms with Crippen LogP contribution in [0.15, 0.2) is 0 Å². The lowest BCUT2D eigenvalue weighted by atomic mass is 9.84. The van der Waals surface area contributed by atoms with Crippen LogP contribution in [0.1, 0.15) is 77.6 Å². The summed E-state index contributed by atoms with van der Waals surface area (Å²) in [5.41, 5.74) is 5.45. The molecular weight excluding hydrogens is 372 g/mol. The summed E-state index contributed by atoms with van der Waals surface area (Å²) in [7, 11) is 1.76. The number of nitrogens with one attached hydrogen (secondary N) is 2. The van der Waals surface area contributed by atoms with Crippen molar-refractivity contribution < 1.29 is 19.5 Å². The molecule has 0 spiro atoms. The molecule has 8 nitrogen and oxygen atoms in total. The molecule has 8 heteroatoms. The molecule has 0 radical (unpaired) electrons. The van der Waals surface area contributed by atoms with Crippen LogP contribution in [0.25, 0.3) is 0 Å². The Morgan fingerprint density at radius 1 is 1.07 bits per heavy atom. The van der Waals surface area contributed by atoms with Crippen LogP contribution in [0.3, 0.4) is 0 Å². The molecule has 1 unspecified atom stereocenters. The second kappa shape index (κ2) is 14.2.